The molecule has 0 aliphatic rings. The average molecular weight is 243 g/mol. The van der Waals surface area contributed by atoms with Crippen LogP contribution >= 0.6 is 0 Å². The van der Waals surface area contributed by atoms with E-state index >= 15 is 0 Å². The van der Waals surface area contributed by atoms with Crippen LogP contribution in [0.3, 0.4) is 0 Å². The van der Waals surface area contributed by atoms with Gasteiger partial charge in [-0.25, -0.2) is 4.98 Å². The van der Waals surface area contributed by atoms with Crippen LogP contribution in [0.2, 0.25) is 0 Å². The maximum absolute atomic E-state index is 10.5. The van der Waals surface area contributed by atoms with E-state index in [2.05, 4.69) is 10.3 Å². The van der Waals surface area contributed by atoms with Gasteiger partial charge in [0, 0.05) is 12.1 Å². The molecule has 0 fully saturated rings. The molecule has 1 N–H and O–H groups in total. The SMILES string of the molecule is CC(Nc1ccc([N+](=O)[O-])cn1)c1ccccc1. The summed E-state index contributed by atoms with van der Waals surface area (Å²) < 4.78 is 0. The lowest BCUT2D eigenvalue weighted by Crippen LogP contribution is -2.07. The van der Waals surface area contributed by atoms with Crippen LogP contribution < -0.4 is 5.32 Å². The molecule has 5 heteroatoms. The van der Waals surface area contributed by atoms with Gasteiger partial charge < -0.3 is 5.32 Å². The van der Waals surface area contributed by atoms with E-state index in [4.69, 9.17) is 0 Å². The molecule has 2 aromatic rings. The summed E-state index contributed by atoms with van der Waals surface area (Å²) in [5.41, 5.74) is 1.13. The van der Waals surface area contributed by atoms with Gasteiger partial charge in [0.1, 0.15) is 12.0 Å². The first-order chi connectivity index (χ1) is 8.66. The smallest absolute Gasteiger partial charge is 0.287 e. The van der Waals surface area contributed by atoms with Crippen LogP contribution in [0.5, 0.6) is 0 Å². The standard InChI is InChI=1S/C13H13N3O2/c1-10(11-5-3-2-4-6-11)15-13-8-7-12(9-14-13)16(17)18/h2-10H,1H3,(H,14,15). The third-order valence-corrected chi connectivity index (χ3v) is 2.62. The fourth-order valence-electron chi connectivity index (χ4n) is 1.63. The summed E-state index contributed by atoms with van der Waals surface area (Å²) in [5, 5.41) is 13.7. The lowest BCUT2D eigenvalue weighted by molar-refractivity contribution is -0.385. The average Bonchev–Trinajstić information content (AvgIpc) is 2.40. The minimum atomic E-state index is -0.461. The summed E-state index contributed by atoms with van der Waals surface area (Å²) in [6.07, 6.45) is 1.25. The third-order valence-electron chi connectivity index (χ3n) is 2.62. The van der Waals surface area contributed by atoms with Gasteiger partial charge in [-0.05, 0) is 18.6 Å². The molecule has 0 saturated carbocycles. The number of anilines is 1. The van der Waals surface area contributed by atoms with E-state index in [1.54, 1.807) is 6.07 Å². The highest BCUT2D eigenvalue weighted by molar-refractivity contribution is 5.42. The van der Waals surface area contributed by atoms with Crippen molar-refractivity contribution in [2.45, 2.75) is 13.0 Å². The van der Waals surface area contributed by atoms with Crippen molar-refractivity contribution in [2.75, 3.05) is 5.32 Å². The molecular weight excluding hydrogens is 230 g/mol. The number of nitro groups is 1. The van der Waals surface area contributed by atoms with E-state index < -0.39 is 4.92 Å². The van der Waals surface area contributed by atoms with Crippen LogP contribution in [0.25, 0.3) is 0 Å². The van der Waals surface area contributed by atoms with E-state index in [0.717, 1.165) is 5.56 Å². The molecule has 2 rings (SSSR count). The maximum atomic E-state index is 10.5. The van der Waals surface area contributed by atoms with Crippen LogP contribution in [-0.2, 0) is 0 Å². The Morgan fingerprint density at radius 2 is 1.94 bits per heavy atom. The van der Waals surface area contributed by atoms with E-state index in [1.165, 1.54) is 12.3 Å². The fraction of sp³-hybridized carbons (Fsp3) is 0.154. The highest BCUT2D eigenvalue weighted by Gasteiger charge is 2.08. The zero-order valence-corrected chi connectivity index (χ0v) is 9.91. The van der Waals surface area contributed by atoms with Gasteiger partial charge in [0.2, 0.25) is 0 Å². The quantitative estimate of drug-likeness (QED) is 0.661. The predicted molar refractivity (Wildman–Crippen MR) is 69.4 cm³/mol. The number of pyridine rings is 1. The fourth-order valence-corrected chi connectivity index (χ4v) is 1.63. The first-order valence-electron chi connectivity index (χ1n) is 5.59. The normalized spacial score (nSPS) is 11.8. The Balaban J connectivity index is 2.08. The lowest BCUT2D eigenvalue weighted by atomic mass is 10.1. The van der Waals surface area contributed by atoms with E-state index in [9.17, 15) is 10.1 Å². The minimum absolute atomic E-state index is 0.00656. The minimum Gasteiger partial charge on any atom is -0.364 e. The molecular formula is C13H13N3O2. The number of hydrogen-bond donors (Lipinski definition) is 1. The second-order valence-electron chi connectivity index (χ2n) is 3.94. The third kappa shape index (κ3) is 2.82. The van der Waals surface area contributed by atoms with Gasteiger partial charge in [-0.3, -0.25) is 10.1 Å². The van der Waals surface area contributed by atoms with Gasteiger partial charge in [0.25, 0.3) is 5.69 Å². The molecule has 92 valence electrons. The van der Waals surface area contributed by atoms with Crippen LogP contribution in [-0.4, -0.2) is 9.91 Å². The summed E-state index contributed by atoms with van der Waals surface area (Å²) in [6, 6.07) is 13.1. The summed E-state index contributed by atoms with van der Waals surface area (Å²) in [4.78, 5) is 14.1. The van der Waals surface area contributed by atoms with Crippen LogP contribution in [0.4, 0.5) is 11.5 Å². The molecule has 1 unspecified atom stereocenters. The Morgan fingerprint density at radius 1 is 1.22 bits per heavy atom. The van der Waals surface area contributed by atoms with Gasteiger partial charge in [0.15, 0.2) is 0 Å². The molecule has 0 bridgehead atoms. The first kappa shape index (κ1) is 12.0. The summed E-state index contributed by atoms with van der Waals surface area (Å²) in [5.74, 6) is 0.622. The second-order valence-corrected chi connectivity index (χ2v) is 3.94. The second kappa shape index (κ2) is 5.27. The zero-order valence-electron chi connectivity index (χ0n) is 9.91. The maximum Gasteiger partial charge on any atom is 0.287 e. The van der Waals surface area contributed by atoms with Gasteiger partial charge in [0.05, 0.1) is 4.92 Å². The number of aromatic nitrogens is 1. The molecule has 5 nitrogen and oxygen atoms in total. The molecule has 1 atom stereocenters. The lowest BCUT2D eigenvalue weighted by Gasteiger charge is -2.14. The molecule has 0 aliphatic carbocycles. The Hall–Kier alpha value is -2.43. The highest BCUT2D eigenvalue weighted by Crippen LogP contribution is 2.18. The number of nitrogens with one attached hydrogen (secondary N) is 1. The number of rotatable bonds is 4. The van der Waals surface area contributed by atoms with Crippen molar-refractivity contribution in [1.29, 1.82) is 0 Å². The molecule has 1 aromatic heterocycles. The van der Waals surface area contributed by atoms with Gasteiger partial charge in [-0.1, -0.05) is 30.3 Å². The Kier molecular flexibility index (Phi) is 3.52. The van der Waals surface area contributed by atoms with E-state index in [0.29, 0.717) is 5.82 Å². The van der Waals surface area contributed by atoms with Crippen molar-refractivity contribution in [3.63, 3.8) is 0 Å². The first-order valence-corrected chi connectivity index (χ1v) is 5.59. The van der Waals surface area contributed by atoms with Crippen molar-refractivity contribution < 1.29 is 4.92 Å². The van der Waals surface area contributed by atoms with Crippen LogP contribution in [0.15, 0.2) is 48.7 Å². The van der Waals surface area contributed by atoms with E-state index in [-0.39, 0.29) is 11.7 Å². The summed E-state index contributed by atoms with van der Waals surface area (Å²) in [6.45, 7) is 2.01. The highest BCUT2D eigenvalue weighted by atomic mass is 16.6. The molecule has 1 aromatic carbocycles. The molecule has 18 heavy (non-hydrogen) atoms. The summed E-state index contributed by atoms with van der Waals surface area (Å²) in [7, 11) is 0. The molecule has 0 saturated heterocycles. The number of hydrogen-bond acceptors (Lipinski definition) is 4. The Bertz CT molecular complexity index is 526. The van der Waals surface area contributed by atoms with Gasteiger partial charge in [-0.15, -0.1) is 0 Å². The van der Waals surface area contributed by atoms with Crippen molar-refractivity contribution >= 4 is 11.5 Å². The molecule has 0 amide bonds. The molecule has 0 spiro atoms. The van der Waals surface area contributed by atoms with Crippen molar-refractivity contribution in [1.82, 2.24) is 4.98 Å². The van der Waals surface area contributed by atoms with E-state index in [1.807, 2.05) is 37.3 Å². The Morgan fingerprint density at radius 3 is 2.50 bits per heavy atom. The predicted octanol–water partition coefficient (Wildman–Crippen LogP) is 3.16. The van der Waals surface area contributed by atoms with Gasteiger partial charge in [-0.2, -0.15) is 0 Å². The van der Waals surface area contributed by atoms with Gasteiger partial charge >= 0.3 is 0 Å². The topological polar surface area (TPSA) is 68.1 Å². The Labute approximate surface area is 105 Å². The molecule has 0 radical (unpaired) electrons. The molecule has 0 aliphatic heterocycles. The number of benzene rings is 1. The largest absolute Gasteiger partial charge is 0.364 e. The van der Waals surface area contributed by atoms with Crippen molar-refractivity contribution in [3.05, 3.63) is 64.3 Å². The molecule has 1 heterocycles. The van der Waals surface area contributed by atoms with Crippen molar-refractivity contribution in [2.24, 2.45) is 0 Å². The van der Waals surface area contributed by atoms with Crippen molar-refractivity contribution in [3.8, 4) is 0 Å². The zero-order chi connectivity index (χ0) is 13.0. The van der Waals surface area contributed by atoms with Crippen LogP contribution in [0, 0.1) is 10.1 Å². The summed E-state index contributed by atoms with van der Waals surface area (Å²) >= 11 is 0. The number of nitrogens with zero attached hydrogens (tertiary/aromatic N) is 2. The monoisotopic (exact) mass is 243 g/mol. The van der Waals surface area contributed by atoms with Crippen LogP contribution in [0.1, 0.15) is 18.5 Å².